The number of aliphatic carboxylic acids is 2. The van der Waals surface area contributed by atoms with E-state index in [-0.39, 0.29) is 19.3 Å². The molecule has 0 saturated heterocycles. The summed E-state index contributed by atoms with van der Waals surface area (Å²) in [5.74, 6) is -3.35. The van der Waals surface area contributed by atoms with Crippen molar-refractivity contribution in [1.29, 1.82) is 0 Å². The second kappa shape index (κ2) is 34.8. The highest BCUT2D eigenvalue weighted by atomic mass is 16.4. The highest BCUT2D eigenvalue weighted by molar-refractivity contribution is 5.83. The molecule has 0 aliphatic rings. The van der Waals surface area contributed by atoms with Gasteiger partial charge in [0.1, 0.15) is 0 Å². The molecule has 3 unspecified atom stereocenters. The third kappa shape index (κ3) is 26.8. The lowest BCUT2D eigenvalue weighted by molar-refractivity contribution is -0.167. The maximum Gasteiger partial charge on any atom is 0.310 e. The molecule has 0 saturated carbocycles. The van der Waals surface area contributed by atoms with Crippen molar-refractivity contribution in [2.45, 2.75) is 219 Å². The molecule has 0 radical (unpaired) electrons. The van der Waals surface area contributed by atoms with Crippen LogP contribution in [-0.4, -0.2) is 45.1 Å². The Bertz CT molecular complexity index is 808. The van der Waals surface area contributed by atoms with Gasteiger partial charge in [0.15, 0.2) is 0 Å². The number of aliphatic hydroxyl groups is 2. The van der Waals surface area contributed by atoms with Crippen molar-refractivity contribution in [3.63, 3.8) is 0 Å². The van der Waals surface area contributed by atoms with Crippen LogP contribution >= 0.6 is 0 Å². The third-order valence-electron chi connectivity index (χ3n) is 10.3. The fourth-order valence-electron chi connectivity index (χ4n) is 7.17. The SMILES string of the molecule is CCCCCCCC/C=C\CCCCCCCCC(C(=O)O)C(CCCCCCCC/C=C\CCCCCCCC)(CC(O)CO)C(=O)O. The summed E-state index contributed by atoms with van der Waals surface area (Å²) >= 11 is 0. The molecule has 0 spiro atoms. The number of aliphatic hydroxyl groups excluding tert-OH is 2. The first-order valence-electron chi connectivity index (χ1n) is 20.9. The minimum Gasteiger partial charge on any atom is -0.481 e. The minimum absolute atomic E-state index is 0.212. The van der Waals surface area contributed by atoms with E-state index in [1.54, 1.807) is 0 Å². The highest BCUT2D eigenvalue weighted by Crippen LogP contribution is 2.42. The van der Waals surface area contributed by atoms with E-state index in [1.807, 2.05) is 0 Å². The standard InChI is InChI=1S/C43H80O6/c1-3-5-7-9-11-13-15-17-19-21-23-25-27-29-31-33-35-40(41(46)47)43(42(48)49,37-39(45)38-44)36-34-32-30-28-26-24-22-20-18-16-14-12-10-8-6-4-2/h17-20,39-40,44-45H,3-16,21-38H2,1-2H3,(H,46,47)(H,48,49)/b19-17-,20-18-. The number of carbonyl (C=O) groups is 2. The Hall–Kier alpha value is -1.66. The summed E-state index contributed by atoms with van der Waals surface area (Å²) in [6.45, 7) is 3.93. The number of allylic oxidation sites excluding steroid dienone is 4. The fourth-order valence-corrected chi connectivity index (χ4v) is 7.17. The minimum atomic E-state index is -1.57. The van der Waals surface area contributed by atoms with Crippen molar-refractivity contribution in [3.05, 3.63) is 24.3 Å². The van der Waals surface area contributed by atoms with Crippen LogP contribution in [-0.2, 0) is 9.59 Å². The molecule has 49 heavy (non-hydrogen) atoms. The van der Waals surface area contributed by atoms with Crippen molar-refractivity contribution in [1.82, 2.24) is 0 Å². The molecule has 6 nitrogen and oxygen atoms in total. The van der Waals surface area contributed by atoms with Gasteiger partial charge in [-0.2, -0.15) is 0 Å². The molecular formula is C43H80O6. The van der Waals surface area contributed by atoms with Gasteiger partial charge in [-0.15, -0.1) is 0 Å². The first-order chi connectivity index (χ1) is 23.9. The van der Waals surface area contributed by atoms with Gasteiger partial charge in [0, 0.05) is 0 Å². The summed E-state index contributed by atoms with van der Waals surface area (Å²) in [5.41, 5.74) is -1.57. The summed E-state index contributed by atoms with van der Waals surface area (Å²) in [6, 6.07) is 0. The largest absolute Gasteiger partial charge is 0.481 e. The molecule has 0 amide bonds. The van der Waals surface area contributed by atoms with Crippen LogP contribution < -0.4 is 0 Å². The summed E-state index contributed by atoms with van der Waals surface area (Å²) in [7, 11) is 0. The quantitative estimate of drug-likeness (QED) is 0.0378. The lowest BCUT2D eigenvalue weighted by Crippen LogP contribution is -2.45. The Labute approximate surface area is 302 Å². The van der Waals surface area contributed by atoms with Crippen LogP contribution in [0.25, 0.3) is 0 Å². The number of unbranched alkanes of at least 4 members (excludes halogenated alkanes) is 24. The highest BCUT2D eigenvalue weighted by Gasteiger charge is 2.49. The molecule has 6 heteroatoms. The van der Waals surface area contributed by atoms with E-state index in [0.717, 1.165) is 70.6 Å². The van der Waals surface area contributed by atoms with Gasteiger partial charge >= 0.3 is 11.9 Å². The second-order valence-corrected chi connectivity index (χ2v) is 14.8. The van der Waals surface area contributed by atoms with E-state index >= 15 is 0 Å². The Morgan fingerprint density at radius 3 is 1.22 bits per heavy atom. The molecule has 0 rings (SSSR count). The topological polar surface area (TPSA) is 115 Å². The predicted octanol–water partition coefficient (Wildman–Crippen LogP) is 12.4. The van der Waals surface area contributed by atoms with Crippen LogP contribution in [0.4, 0.5) is 0 Å². The molecule has 288 valence electrons. The van der Waals surface area contributed by atoms with E-state index in [0.29, 0.717) is 12.8 Å². The molecular weight excluding hydrogens is 612 g/mol. The second-order valence-electron chi connectivity index (χ2n) is 14.8. The molecule has 4 N–H and O–H groups in total. The summed E-state index contributed by atoms with van der Waals surface area (Å²) < 4.78 is 0. The van der Waals surface area contributed by atoms with E-state index < -0.39 is 36.0 Å². The first-order valence-corrected chi connectivity index (χ1v) is 20.9. The molecule has 0 aliphatic heterocycles. The summed E-state index contributed by atoms with van der Waals surface area (Å²) in [6.07, 6.45) is 40.7. The lowest BCUT2D eigenvalue weighted by Gasteiger charge is -2.36. The van der Waals surface area contributed by atoms with Crippen LogP contribution in [0.1, 0.15) is 213 Å². The van der Waals surface area contributed by atoms with Crippen LogP contribution in [0.2, 0.25) is 0 Å². The number of carboxylic acid groups (broad SMARTS) is 2. The molecule has 0 aromatic carbocycles. The molecule has 0 aromatic heterocycles. The van der Waals surface area contributed by atoms with E-state index in [2.05, 4.69) is 38.2 Å². The zero-order chi connectivity index (χ0) is 36.3. The fraction of sp³-hybridized carbons (Fsp3) is 0.860. The van der Waals surface area contributed by atoms with Gasteiger partial charge in [0.25, 0.3) is 0 Å². The predicted molar refractivity (Wildman–Crippen MR) is 207 cm³/mol. The van der Waals surface area contributed by atoms with Gasteiger partial charge < -0.3 is 20.4 Å². The molecule has 0 aromatic rings. The normalized spacial score (nSPS) is 14.4. The molecule has 0 bridgehead atoms. The number of rotatable bonds is 38. The number of hydrogen-bond donors (Lipinski definition) is 4. The van der Waals surface area contributed by atoms with Crippen LogP contribution in [0, 0.1) is 11.3 Å². The molecule has 0 fully saturated rings. The van der Waals surface area contributed by atoms with Crippen molar-refractivity contribution in [2.24, 2.45) is 11.3 Å². The van der Waals surface area contributed by atoms with Gasteiger partial charge in [0.2, 0.25) is 0 Å². The summed E-state index contributed by atoms with van der Waals surface area (Å²) in [5, 5.41) is 40.4. The lowest BCUT2D eigenvalue weighted by atomic mass is 9.66. The average molecular weight is 693 g/mol. The van der Waals surface area contributed by atoms with E-state index in [1.165, 1.54) is 96.3 Å². The number of hydrogen-bond acceptors (Lipinski definition) is 4. The monoisotopic (exact) mass is 693 g/mol. The zero-order valence-corrected chi connectivity index (χ0v) is 32.2. The van der Waals surface area contributed by atoms with Crippen molar-refractivity contribution in [2.75, 3.05) is 6.61 Å². The zero-order valence-electron chi connectivity index (χ0n) is 32.2. The Morgan fingerprint density at radius 1 is 0.531 bits per heavy atom. The Balaban J connectivity index is 4.46. The van der Waals surface area contributed by atoms with Gasteiger partial charge in [0.05, 0.1) is 24.0 Å². The molecule has 0 aliphatic carbocycles. The van der Waals surface area contributed by atoms with Gasteiger partial charge in [-0.25, -0.2) is 0 Å². The molecule has 3 atom stereocenters. The average Bonchev–Trinajstić information content (AvgIpc) is 3.08. The maximum atomic E-state index is 12.7. The Kier molecular flexibility index (Phi) is 33.6. The maximum absolute atomic E-state index is 12.7. The first kappa shape index (κ1) is 47.3. The van der Waals surface area contributed by atoms with Crippen molar-refractivity contribution in [3.8, 4) is 0 Å². The molecule has 0 heterocycles. The van der Waals surface area contributed by atoms with Gasteiger partial charge in [-0.3, -0.25) is 9.59 Å². The van der Waals surface area contributed by atoms with E-state index in [9.17, 15) is 30.0 Å². The van der Waals surface area contributed by atoms with E-state index in [4.69, 9.17) is 0 Å². The smallest absolute Gasteiger partial charge is 0.310 e. The van der Waals surface area contributed by atoms with Crippen LogP contribution in [0.5, 0.6) is 0 Å². The van der Waals surface area contributed by atoms with Crippen LogP contribution in [0.3, 0.4) is 0 Å². The van der Waals surface area contributed by atoms with Crippen molar-refractivity contribution < 1.29 is 30.0 Å². The third-order valence-corrected chi connectivity index (χ3v) is 10.3. The van der Waals surface area contributed by atoms with Gasteiger partial charge in [-0.1, -0.05) is 167 Å². The van der Waals surface area contributed by atoms with Gasteiger partial charge in [-0.05, 0) is 70.6 Å². The summed E-state index contributed by atoms with van der Waals surface area (Å²) in [4.78, 5) is 25.2. The van der Waals surface area contributed by atoms with Crippen molar-refractivity contribution >= 4 is 11.9 Å². The number of carboxylic acids is 2. The Morgan fingerprint density at radius 2 is 0.878 bits per heavy atom. The van der Waals surface area contributed by atoms with Crippen LogP contribution in [0.15, 0.2) is 24.3 Å².